The van der Waals surface area contributed by atoms with Crippen LogP contribution in [0.4, 0.5) is 0 Å². The minimum atomic E-state index is -0.207. The summed E-state index contributed by atoms with van der Waals surface area (Å²) in [5.74, 6) is 2.72. The molecule has 6 rings (SSSR count). The van der Waals surface area contributed by atoms with Gasteiger partial charge in [-0.15, -0.1) is 0 Å². The van der Waals surface area contributed by atoms with E-state index in [4.69, 9.17) is 9.57 Å². The molecule has 146 valence electrons. The van der Waals surface area contributed by atoms with Gasteiger partial charge in [0.25, 0.3) is 0 Å². The minimum absolute atomic E-state index is 0.205. The topological polar surface area (TPSA) is 39.4 Å². The maximum atomic E-state index is 13.1. The summed E-state index contributed by atoms with van der Waals surface area (Å²) in [7, 11) is 0. The van der Waals surface area contributed by atoms with Gasteiger partial charge in [-0.2, -0.15) is 0 Å². The van der Waals surface area contributed by atoms with Crippen LogP contribution >= 0.6 is 0 Å². The normalized spacial score (nSPS) is 35.2. The van der Waals surface area contributed by atoms with Crippen LogP contribution in [0.25, 0.3) is 0 Å². The SMILES string of the molecule is O=C(OC12CC3CC(CC(C3)C1)C2)c1cccc[n+]1OCC1CCCCC1. The predicted octanol–water partition coefficient (Wildman–Crippen LogP) is 4.11. The standard InChI is InChI=1S/C23H32NO3/c25-22(27-23-13-18-10-19(14-23)12-20(11-18)15-23)21-8-4-5-9-24(21)26-16-17-6-2-1-3-7-17/h4-5,8-9,17-20H,1-3,6-7,10-16H2/q+1. The van der Waals surface area contributed by atoms with E-state index in [1.165, 1.54) is 51.4 Å². The Morgan fingerprint density at radius 3 is 2.33 bits per heavy atom. The van der Waals surface area contributed by atoms with Crippen molar-refractivity contribution in [3.05, 3.63) is 30.1 Å². The molecule has 0 atom stereocenters. The summed E-state index contributed by atoms with van der Waals surface area (Å²) in [6, 6.07) is 5.66. The number of rotatable bonds is 5. The number of pyridine rings is 1. The molecule has 4 nitrogen and oxygen atoms in total. The van der Waals surface area contributed by atoms with Gasteiger partial charge < -0.3 is 4.74 Å². The van der Waals surface area contributed by atoms with Crippen molar-refractivity contribution in [2.24, 2.45) is 23.7 Å². The van der Waals surface area contributed by atoms with Gasteiger partial charge in [0, 0.05) is 16.9 Å². The zero-order chi connectivity index (χ0) is 18.3. The summed E-state index contributed by atoms with van der Waals surface area (Å²) in [6.07, 6.45) is 15.5. The average molecular weight is 371 g/mol. The van der Waals surface area contributed by atoms with Crippen molar-refractivity contribution < 1.29 is 19.1 Å². The van der Waals surface area contributed by atoms with E-state index in [1.54, 1.807) is 4.73 Å². The highest BCUT2D eigenvalue weighted by atomic mass is 16.7. The first kappa shape index (κ1) is 17.5. The van der Waals surface area contributed by atoms with Crippen LogP contribution in [0.1, 0.15) is 81.1 Å². The van der Waals surface area contributed by atoms with Crippen LogP contribution < -0.4 is 9.57 Å². The smallest absolute Gasteiger partial charge is 0.409 e. The van der Waals surface area contributed by atoms with Gasteiger partial charge >= 0.3 is 11.7 Å². The number of carbonyl (C=O) groups excluding carboxylic acids is 1. The van der Waals surface area contributed by atoms with Crippen LogP contribution in [0, 0.1) is 23.7 Å². The Labute approximate surface area is 162 Å². The molecule has 0 spiro atoms. The van der Waals surface area contributed by atoms with Crippen LogP contribution in [-0.2, 0) is 4.74 Å². The van der Waals surface area contributed by atoms with Crippen LogP contribution in [0.5, 0.6) is 0 Å². The molecule has 1 aromatic rings. The molecule has 4 bridgehead atoms. The monoisotopic (exact) mass is 370 g/mol. The fourth-order valence-electron chi connectivity index (χ4n) is 6.64. The Hall–Kier alpha value is -1.58. The van der Waals surface area contributed by atoms with E-state index in [0.29, 0.717) is 18.2 Å². The molecule has 27 heavy (non-hydrogen) atoms. The third-order valence-electron chi connectivity index (χ3n) is 7.50. The quantitative estimate of drug-likeness (QED) is 0.578. The summed E-state index contributed by atoms with van der Waals surface area (Å²) in [5.41, 5.74) is 0.326. The number of hydrogen-bond acceptors (Lipinski definition) is 3. The van der Waals surface area contributed by atoms with E-state index in [9.17, 15) is 4.79 Å². The molecule has 0 saturated heterocycles. The summed E-state index contributed by atoms with van der Waals surface area (Å²) >= 11 is 0. The molecular weight excluding hydrogens is 338 g/mol. The fourth-order valence-corrected chi connectivity index (χ4v) is 6.64. The molecule has 0 radical (unpaired) electrons. The van der Waals surface area contributed by atoms with Gasteiger partial charge in [0.15, 0.2) is 6.61 Å². The summed E-state index contributed by atoms with van der Waals surface area (Å²) in [4.78, 5) is 19.1. The van der Waals surface area contributed by atoms with E-state index in [2.05, 4.69) is 0 Å². The predicted molar refractivity (Wildman–Crippen MR) is 101 cm³/mol. The third-order valence-corrected chi connectivity index (χ3v) is 7.50. The lowest BCUT2D eigenvalue weighted by Crippen LogP contribution is -2.55. The lowest BCUT2D eigenvalue weighted by molar-refractivity contribution is -0.893. The largest absolute Gasteiger partial charge is 0.451 e. The lowest BCUT2D eigenvalue weighted by atomic mass is 9.54. The van der Waals surface area contributed by atoms with Gasteiger partial charge in [-0.05, 0) is 81.1 Å². The van der Waals surface area contributed by atoms with E-state index in [1.807, 2.05) is 24.4 Å². The van der Waals surface area contributed by atoms with Gasteiger partial charge in [0.05, 0.1) is 0 Å². The number of carbonyl (C=O) groups is 1. The second-order valence-electron chi connectivity index (χ2n) is 9.70. The van der Waals surface area contributed by atoms with Crippen molar-refractivity contribution >= 4 is 5.97 Å². The molecule has 0 unspecified atom stereocenters. The molecule has 5 aliphatic rings. The molecular formula is C23H32NO3+. The number of esters is 1. The van der Waals surface area contributed by atoms with E-state index in [0.717, 1.165) is 37.0 Å². The molecule has 0 amide bonds. The Morgan fingerprint density at radius 1 is 1.00 bits per heavy atom. The number of ether oxygens (including phenoxy) is 1. The Kier molecular flexibility index (Phi) is 4.61. The molecule has 4 heteroatoms. The van der Waals surface area contributed by atoms with Gasteiger partial charge in [-0.1, -0.05) is 19.3 Å². The number of aromatic nitrogens is 1. The molecule has 0 aliphatic heterocycles. The highest BCUT2D eigenvalue weighted by Gasteiger charge is 2.53. The van der Waals surface area contributed by atoms with Crippen LogP contribution in [0.15, 0.2) is 24.4 Å². The molecule has 5 aliphatic carbocycles. The first-order valence-electron chi connectivity index (χ1n) is 11.1. The van der Waals surface area contributed by atoms with Crippen molar-refractivity contribution in [2.75, 3.05) is 6.61 Å². The zero-order valence-corrected chi connectivity index (χ0v) is 16.3. The zero-order valence-electron chi connectivity index (χ0n) is 16.3. The number of hydrogen-bond donors (Lipinski definition) is 0. The van der Waals surface area contributed by atoms with Crippen molar-refractivity contribution in [3.63, 3.8) is 0 Å². The van der Waals surface area contributed by atoms with E-state index >= 15 is 0 Å². The maximum Gasteiger partial charge on any atom is 0.409 e. The highest BCUT2D eigenvalue weighted by Crippen LogP contribution is 2.57. The first-order chi connectivity index (χ1) is 13.2. The highest BCUT2D eigenvalue weighted by molar-refractivity contribution is 5.85. The maximum absolute atomic E-state index is 13.1. The fraction of sp³-hybridized carbons (Fsp3) is 0.739. The van der Waals surface area contributed by atoms with Crippen molar-refractivity contribution in [3.8, 4) is 0 Å². The van der Waals surface area contributed by atoms with E-state index < -0.39 is 0 Å². The Morgan fingerprint density at radius 2 is 1.67 bits per heavy atom. The molecule has 1 heterocycles. The second kappa shape index (κ2) is 7.10. The van der Waals surface area contributed by atoms with Crippen LogP contribution in [0.3, 0.4) is 0 Å². The van der Waals surface area contributed by atoms with Gasteiger partial charge in [0.1, 0.15) is 5.60 Å². The van der Waals surface area contributed by atoms with Crippen molar-refractivity contribution in [1.29, 1.82) is 0 Å². The van der Waals surface area contributed by atoms with Crippen LogP contribution in [0.2, 0.25) is 0 Å². The molecule has 1 aromatic heterocycles. The Balaban J connectivity index is 1.27. The van der Waals surface area contributed by atoms with Crippen molar-refractivity contribution in [2.45, 2.75) is 76.2 Å². The minimum Gasteiger partial charge on any atom is -0.451 e. The second-order valence-corrected chi connectivity index (χ2v) is 9.70. The van der Waals surface area contributed by atoms with Gasteiger partial charge in [-0.3, -0.25) is 4.84 Å². The summed E-state index contributed by atoms with van der Waals surface area (Å²) in [5, 5.41) is 0. The number of nitrogens with zero attached hydrogens (tertiary/aromatic N) is 1. The first-order valence-corrected chi connectivity index (χ1v) is 11.1. The summed E-state index contributed by atoms with van der Waals surface area (Å²) < 4.78 is 7.88. The van der Waals surface area contributed by atoms with E-state index in [-0.39, 0.29) is 11.6 Å². The summed E-state index contributed by atoms with van der Waals surface area (Å²) in [6.45, 7) is 0.687. The van der Waals surface area contributed by atoms with Gasteiger partial charge in [0.2, 0.25) is 6.20 Å². The molecule has 5 saturated carbocycles. The van der Waals surface area contributed by atoms with Gasteiger partial charge in [-0.25, -0.2) is 4.79 Å². The molecule has 0 N–H and O–H groups in total. The molecule has 0 aromatic carbocycles. The average Bonchev–Trinajstić information content (AvgIpc) is 2.66. The lowest BCUT2D eigenvalue weighted by Gasteiger charge is -2.55. The molecule has 5 fully saturated rings. The Bertz CT molecular complexity index is 659. The van der Waals surface area contributed by atoms with Crippen molar-refractivity contribution in [1.82, 2.24) is 0 Å². The van der Waals surface area contributed by atoms with Crippen LogP contribution in [-0.4, -0.2) is 18.2 Å². The third kappa shape index (κ3) is 3.60.